The van der Waals surface area contributed by atoms with Crippen LogP contribution in [0.5, 0.6) is 0 Å². The van der Waals surface area contributed by atoms with Crippen LogP contribution >= 0.6 is 11.3 Å². The van der Waals surface area contributed by atoms with E-state index in [0.29, 0.717) is 29.2 Å². The van der Waals surface area contributed by atoms with Crippen LogP contribution in [0.3, 0.4) is 0 Å². The highest BCUT2D eigenvalue weighted by Gasteiger charge is 2.24. The van der Waals surface area contributed by atoms with Crippen molar-refractivity contribution in [2.75, 3.05) is 5.32 Å². The third kappa shape index (κ3) is 5.12. The average molecular weight is 459 g/mol. The molecular weight excluding hydrogens is 432 g/mol. The molecule has 1 atom stereocenters. The summed E-state index contributed by atoms with van der Waals surface area (Å²) in [6.45, 7) is 6.05. The molecule has 0 aliphatic carbocycles. The summed E-state index contributed by atoms with van der Waals surface area (Å²) in [6, 6.07) is 22.8. The van der Waals surface area contributed by atoms with E-state index >= 15 is 0 Å². The Morgan fingerprint density at radius 2 is 1.67 bits per heavy atom. The molecular formula is C27H26N2O3S. The molecule has 0 spiro atoms. The zero-order valence-electron chi connectivity index (χ0n) is 18.9. The van der Waals surface area contributed by atoms with Crippen molar-refractivity contribution in [3.05, 3.63) is 83.9 Å². The van der Waals surface area contributed by atoms with E-state index in [-0.39, 0.29) is 5.91 Å². The molecule has 6 heteroatoms. The third-order valence-electron chi connectivity index (χ3n) is 5.43. The van der Waals surface area contributed by atoms with Gasteiger partial charge < -0.3 is 10.1 Å². The third-order valence-corrected chi connectivity index (χ3v) is 6.50. The quantitative estimate of drug-likeness (QED) is 0.314. The lowest BCUT2D eigenvalue weighted by molar-refractivity contribution is -0.124. The minimum Gasteiger partial charge on any atom is -0.449 e. The number of benzene rings is 3. The SMILES string of the molecule is CCC(OC(=O)c1ccccc1-c1nc2ccccc2s1)C(=O)Nc1ccc(C(C)C)cc1. The Kier molecular flexibility index (Phi) is 6.84. The van der Waals surface area contributed by atoms with E-state index in [9.17, 15) is 9.59 Å². The Morgan fingerprint density at radius 1 is 0.970 bits per heavy atom. The maximum Gasteiger partial charge on any atom is 0.339 e. The Balaban J connectivity index is 1.51. The van der Waals surface area contributed by atoms with E-state index in [4.69, 9.17) is 4.74 Å². The van der Waals surface area contributed by atoms with Gasteiger partial charge in [0.15, 0.2) is 6.10 Å². The Bertz CT molecular complexity index is 1250. The lowest BCUT2D eigenvalue weighted by atomic mass is 10.0. The molecule has 1 N–H and O–H groups in total. The van der Waals surface area contributed by atoms with E-state index in [0.717, 1.165) is 15.2 Å². The zero-order valence-corrected chi connectivity index (χ0v) is 19.7. The number of hydrogen-bond donors (Lipinski definition) is 1. The number of carbonyl (C=O) groups excluding carboxylic acids is 2. The number of anilines is 1. The van der Waals surface area contributed by atoms with Gasteiger partial charge in [0.1, 0.15) is 5.01 Å². The van der Waals surface area contributed by atoms with E-state index < -0.39 is 12.1 Å². The second kappa shape index (κ2) is 9.96. The number of hydrogen-bond acceptors (Lipinski definition) is 5. The first-order valence-corrected chi connectivity index (χ1v) is 11.8. The average Bonchev–Trinajstić information content (AvgIpc) is 3.27. The van der Waals surface area contributed by atoms with Gasteiger partial charge in [0.25, 0.3) is 5.91 Å². The molecule has 33 heavy (non-hydrogen) atoms. The fraction of sp³-hybridized carbons (Fsp3) is 0.222. The molecule has 1 heterocycles. The number of nitrogens with one attached hydrogen (secondary N) is 1. The lowest BCUT2D eigenvalue weighted by Gasteiger charge is -2.17. The summed E-state index contributed by atoms with van der Waals surface area (Å²) in [5.74, 6) is -0.475. The number of carbonyl (C=O) groups is 2. The van der Waals surface area contributed by atoms with E-state index in [1.807, 2.05) is 67.6 Å². The summed E-state index contributed by atoms with van der Waals surface area (Å²) in [5.41, 5.74) is 3.84. The van der Waals surface area contributed by atoms with Crippen LogP contribution < -0.4 is 5.32 Å². The van der Waals surface area contributed by atoms with Gasteiger partial charge in [-0.1, -0.05) is 63.2 Å². The number of rotatable bonds is 7. The van der Waals surface area contributed by atoms with Gasteiger partial charge >= 0.3 is 5.97 Å². The summed E-state index contributed by atoms with van der Waals surface area (Å²) >= 11 is 1.52. The second-order valence-electron chi connectivity index (χ2n) is 8.10. The van der Waals surface area contributed by atoms with Gasteiger partial charge in [-0.05, 0) is 48.2 Å². The smallest absolute Gasteiger partial charge is 0.339 e. The Hall–Kier alpha value is -3.51. The van der Waals surface area contributed by atoms with Crippen molar-refractivity contribution in [3.63, 3.8) is 0 Å². The second-order valence-corrected chi connectivity index (χ2v) is 9.13. The van der Waals surface area contributed by atoms with Crippen molar-refractivity contribution >= 4 is 39.1 Å². The lowest BCUT2D eigenvalue weighted by Crippen LogP contribution is -2.32. The number of fused-ring (bicyclic) bond motifs is 1. The molecule has 1 amide bonds. The van der Waals surface area contributed by atoms with Crippen LogP contribution in [0.4, 0.5) is 5.69 Å². The molecule has 0 fully saturated rings. The number of esters is 1. The predicted octanol–water partition coefficient (Wildman–Crippen LogP) is 6.66. The van der Waals surface area contributed by atoms with Crippen LogP contribution in [-0.2, 0) is 9.53 Å². The number of thiazole rings is 1. The molecule has 168 valence electrons. The molecule has 1 unspecified atom stereocenters. The minimum atomic E-state index is -0.898. The van der Waals surface area contributed by atoms with E-state index in [1.165, 1.54) is 16.9 Å². The number of nitrogens with zero attached hydrogens (tertiary/aromatic N) is 1. The van der Waals surface area contributed by atoms with Crippen molar-refractivity contribution in [1.29, 1.82) is 0 Å². The Labute approximate surface area is 197 Å². The number of para-hydroxylation sites is 1. The molecule has 0 bridgehead atoms. The van der Waals surface area contributed by atoms with Crippen LogP contribution in [0.15, 0.2) is 72.8 Å². The summed E-state index contributed by atoms with van der Waals surface area (Å²) in [5, 5.41) is 3.60. The minimum absolute atomic E-state index is 0.347. The largest absolute Gasteiger partial charge is 0.449 e. The molecule has 0 aliphatic heterocycles. The van der Waals surface area contributed by atoms with Gasteiger partial charge in [0.2, 0.25) is 0 Å². The topological polar surface area (TPSA) is 68.3 Å². The summed E-state index contributed by atoms with van der Waals surface area (Å²) < 4.78 is 6.69. The first kappa shape index (κ1) is 22.7. The molecule has 0 saturated carbocycles. The van der Waals surface area contributed by atoms with Gasteiger partial charge in [0.05, 0.1) is 15.8 Å². The van der Waals surface area contributed by atoms with Gasteiger partial charge in [-0.25, -0.2) is 9.78 Å². The van der Waals surface area contributed by atoms with Crippen molar-refractivity contribution in [2.24, 2.45) is 0 Å². The van der Waals surface area contributed by atoms with Crippen LogP contribution in [0.25, 0.3) is 20.8 Å². The molecule has 0 aliphatic rings. The highest BCUT2D eigenvalue weighted by Crippen LogP contribution is 2.32. The molecule has 0 saturated heterocycles. The fourth-order valence-corrected chi connectivity index (χ4v) is 4.53. The molecule has 4 rings (SSSR count). The van der Waals surface area contributed by atoms with Crippen LogP contribution in [0, 0.1) is 0 Å². The summed E-state index contributed by atoms with van der Waals surface area (Å²) in [7, 11) is 0. The van der Waals surface area contributed by atoms with Gasteiger partial charge in [-0.3, -0.25) is 4.79 Å². The first-order chi connectivity index (χ1) is 16.0. The number of amides is 1. The normalized spacial score (nSPS) is 12.0. The zero-order chi connectivity index (χ0) is 23.4. The number of aromatic nitrogens is 1. The van der Waals surface area contributed by atoms with E-state index in [1.54, 1.807) is 12.1 Å². The van der Waals surface area contributed by atoms with Gasteiger partial charge in [-0.15, -0.1) is 11.3 Å². The molecule has 4 aromatic rings. The maximum atomic E-state index is 13.1. The molecule has 0 radical (unpaired) electrons. The van der Waals surface area contributed by atoms with Crippen molar-refractivity contribution in [3.8, 4) is 10.6 Å². The highest BCUT2D eigenvalue weighted by atomic mass is 32.1. The fourth-order valence-electron chi connectivity index (χ4n) is 3.52. The van der Waals surface area contributed by atoms with Gasteiger partial charge in [0, 0.05) is 11.3 Å². The van der Waals surface area contributed by atoms with Crippen LogP contribution in [-0.4, -0.2) is 23.0 Å². The van der Waals surface area contributed by atoms with E-state index in [2.05, 4.69) is 24.1 Å². The first-order valence-electron chi connectivity index (χ1n) is 11.0. The number of ether oxygens (including phenoxy) is 1. The van der Waals surface area contributed by atoms with Crippen LogP contribution in [0.2, 0.25) is 0 Å². The predicted molar refractivity (Wildman–Crippen MR) is 134 cm³/mol. The highest BCUT2D eigenvalue weighted by molar-refractivity contribution is 7.21. The van der Waals surface area contributed by atoms with Crippen molar-refractivity contribution < 1.29 is 14.3 Å². The standard InChI is InChI=1S/C27H26N2O3S/c1-4-23(25(30)28-19-15-13-18(14-16-19)17(2)3)32-27(31)21-10-6-5-9-20(21)26-29-22-11-7-8-12-24(22)33-26/h5-17,23H,4H2,1-3H3,(H,28,30). The maximum absolute atomic E-state index is 13.1. The van der Waals surface area contributed by atoms with Crippen LogP contribution in [0.1, 0.15) is 49.0 Å². The van der Waals surface area contributed by atoms with Crippen molar-refractivity contribution in [1.82, 2.24) is 4.98 Å². The Morgan fingerprint density at radius 3 is 2.36 bits per heavy atom. The molecule has 5 nitrogen and oxygen atoms in total. The van der Waals surface area contributed by atoms with Crippen molar-refractivity contribution in [2.45, 2.75) is 39.2 Å². The monoisotopic (exact) mass is 458 g/mol. The summed E-state index contributed by atoms with van der Waals surface area (Å²) in [6.07, 6.45) is -0.531. The van der Waals surface area contributed by atoms with Gasteiger partial charge in [-0.2, -0.15) is 0 Å². The molecule has 3 aromatic carbocycles. The summed E-state index contributed by atoms with van der Waals surface area (Å²) in [4.78, 5) is 30.5. The molecule has 1 aromatic heterocycles.